The van der Waals surface area contributed by atoms with Crippen LogP contribution in [-0.2, 0) is 27.1 Å². The third kappa shape index (κ3) is 4.39. The lowest BCUT2D eigenvalue weighted by atomic mass is 9.88. The second kappa shape index (κ2) is 8.39. The molecule has 0 fully saturated rings. The Morgan fingerprint density at radius 3 is 2.81 bits per heavy atom. The number of hydrogen-bond acceptors (Lipinski definition) is 7. The summed E-state index contributed by atoms with van der Waals surface area (Å²) in [5.74, 6) is -1.13. The number of hydrogen-bond donors (Lipinski definition) is 1. The van der Waals surface area contributed by atoms with E-state index in [0.717, 1.165) is 29.7 Å². The number of nitrogens with one attached hydrogen (secondary N) is 1. The lowest BCUT2D eigenvalue weighted by Gasteiger charge is -2.18. The number of rotatable bonds is 6. The number of amides is 1. The van der Waals surface area contributed by atoms with Crippen LogP contribution in [0.5, 0.6) is 0 Å². The maximum atomic E-state index is 12.4. The highest BCUT2D eigenvalue weighted by atomic mass is 32.1. The molecule has 27 heavy (non-hydrogen) atoms. The monoisotopic (exact) mass is 391 g/mol. The molecule has 7 nitrogen and oxygen atoms in total. The van der Waals surface area contributed by atoms with Crippen molar-refractivity contribution in [2.75, 3.05) is 18.5 Å². The first kappa shape index (κ1) is 19.2. The molecule has 1 amide bonds. The van der Waals surface area contributed by atoms with Gasteiger partial charge in [0.2, 0.25) is 5.76 Å². The molecule has 1 aliphatic carbocycles. The van der Waals surface area contributed by atoms with Crippen LogP contribution in [0.25, 0.3) is 0 Å². The fourth-order valence-electron chi connectivity index (χ4n) is 3.02. The molecule has 144 valence electrons. The summed E-state index contributed by atoms with van der Waals surface area (Å²) in [6.07, 6.45) is 3.99. The Morgan fingerprint density at radius 1 is 1.30 bits per heavy atom. The number of fused-ring (bicyclic) bond motifs is 1. The highest BCUT2D eigenvalue weighted by molar-refractivity contribution is 7.17. The molecular formula is C19H21NO6S. The van der Waals surface area contributed by atoms with E-state index in [2.05, 4.69) is 12.2 Å². The van der Waals surface area contributed by atoms with Crippen molar-refractivity contribution in [3.8, 4) is 0 Å². The second-order valence-electron chi connectivity index (χ2n) is 6.38. The van der Waals surface area contributed by atoms with Gasteiger partial charge in [-0.3, -0.25) is 4.79 Å². The number of thiophene rings is 1. The van der Waals surface area contributed by atoms with E-state index in [0.29, 0.717) is 16.5 Å². The largest absolute Gasteiger partial charge is 0.462 e. The van der Waals surface area contributed by atoms with Crippen molar-refractivity contribution in [1.29, 1.82) is 0 Å². The number of furan rings is 1. The molecule has 0 aliphatic heterocycles. The normalized spacial score (nSPS) is 15.7. The third-order valence-electron chi connectivity index (χ3n) is 4.30. The highest BCUT2D eigenvalue weighted by Gasteiger charge is 2.29. The van der Waals surface area contributed by atoms with Crippen LogP contribution in [0.3, 0.4) is 0 Å². The maximum Gasteiger partial charge on any atom is 0.374 e. The number of ether oxygens (including phenoxy) is 2. The van der Waals surface area contributed by atoms with Crippen molar-refractivity contribution < 1.29 is 28.3 Å². The van der Waals surface area contributed by atoms with E-state index in [1.54, 1.807) is 13.0 Å². The summed E-state index contributed by atoms with van der Waals surface area (Å²) in [6.45, 7) is 3.69. The first-order valence-corrected chi connectivity index (χ1v) is 9.63. The van der Waals surface area contributed by atoms with Crippen LogP contribution < -0.4 is 5.32 Å². The van der Waals surface area contributed by atoms with Crippen LogP contribution in [0.4, 0.5) is 5.00 Å². The summed E-state index contributed by atoms with van der Waals surface area (Å²) in [5, 5.41) is 3.14. The number of carbonyl (C=O) groups is 3. The standard InChI is InChI=1S/C19H21NO6S/c1-3-24-19(23)16-12-7-6-11(2)9-14(12)27-17(16)20-15(21)10-26-18(22)13-5-4-8-25-13/h4-5,8,11H,3,6-7,9-10H2,1-2H3,(H,20,21)/t11-/m1/s1. The zero-order valence-corrected chi connectivity index (χ0v) is 16.0. The molecule has 0 radical (unpaired) electrons. The number of carbonyl (C=O) groups excluding carboxylic acids is 3. The molecule has 0 saturated heterocycles. The second-order valence-corrected chi connectivity index (χ2v) is 7.48. The molecule has 1 N–H and O–H groups in total. The fourth-order valence-corrected chi connectivity index (χ4v) is 4.43. The first-order valence-electron chi connectivity index (χ1n) is 8.81. The SMILES string of the molecule is CCOC(=O)c1c(NC(=O)COC(=O)c2ccco2)sc2c1CC[C@@H](C)C2. The van der Waals surface area contributed by atoms with Gasteiger partial charge in [0, 0.05) is 4.88 Å². The molecule has 2 aromatic heterocycles. The summed E-state index contributed by atoms with van der Waals surface area (Å²) in [4.78, 5) is 37.5. The van der Waals surface area contributed by atoms with Crippen LogP contribution in [0.2, 0.25) is 0 Å². The van der Waals surface area contributed by atoms with Crippen molar-refractivity contribution in [3.63, 3.8) is 0 Å². The molecule has 2 aromatic rings. The van der Waals surface area contributed by atoms with Gasteiger partial charge in [-0.05, 0) is 49.8 Å². The van der Waals surface area contributed by atoms with E-state index in [1.165, 1.54) is 23.7 Å². The van der Waals surface area contributed by atoms with Gasteiger partial charge < -0.3 is 19.2 Å². The van der Waals surface area contributed by atoms with Gasteiger partial charge in [-0.25, -0.2) is 9.59 Å². The molecule has 0 unspecified atom stereocenters. The Hall–Kier alpha value is -2.61. The zero-order chi connectivity index (χ0) is 19.4. The van der Waals surface area contributed by atoms with Crippen molar-refractivity contribution in [2.24, 2.45) is 5.92 Å². The molecule has 3 rings (SSSR count). The molecule has 0 spiro atoms. The molecule has 2 heterocycles. The van der Waals surface area contributed by atoms with Crippen molar-refractivity contribution in [1.82, 2.24) is 0 Å². The summed E-state index contributed by atoms with van der Waals surface area (Å²) >= 11 is 1.39. The summed E-state index contributed by atoms with van der Waals surface area (Å²) in [5.41, 5.74) is 1.38. The van der Waals surface area contributed by atoms with Crippen LogP contribution in [-0.4, -0.2) is 31.1 Å². The van der Waals surface area contributed by atoms with E-state index in [9.17, 15) is 14.4 Å². The summed E-state index contributed by atoms with van der Waals surface area (Å²) < 4.78 is 15.0. The Labute approximate surface area is 160 Å². The van der Waals surface area contributed by atoms with E-state index < -0.39 is 24.5 Å². The average molecular weight is 391 g/mol. The summed E-state index contributed by atoms with van der Waals surface area (Å²) in [7, 11) is 0. The maximum absolute atomic E-state index is 12.4. The molecule has 1 atom stereocenters. The number of esters is 2. The van der Waals surface area contributed by atoms with E-state index in [-0.39, 0.29) is 12.4 Å². The summed E-state index contributed by atoms with van der Waals surface area (Å²) in [6, 6.07) is 3.01. The van der Waals surface area contributed by atoms with Crippen LogP contribution in [0.15, 0.2) is 22.8 Å². The third-order valence-corrected chi connectivity index (χ3v) is 5.47. The van der Waals surface area contributed by atoms with Crippen LogP contribution >= 0.6 is 11.3 Å². The van der Waals surface area contributed by atoms with Crippen LogP contribution in [0, 0.1) is 5.92 Å². The highest BCUT2D eigenvalue weighted by Crippen LogP contribution is 2.40. The quantitative estimate of drug-likeness (QED) is 0.758. The lowest BCUT2D eigenvalue weighted by Crippen LogP contribution is -2.22. The van der Waals surface area contributed by atoms with Gasteiger partial charge in [0.1, 0.15) is 5.00 Å². The predicted octanol–water partition coefficient (Wildman–Crippen LogP) is 3.44. The van der Waals surface area contributed by atoms with Gasteiger partial charge in [-0.1, -0.05) is 6.92 Å². The van der Waals surface area contributed by atoms with Gasteiger partial charge in [0.05, 0.1) is 18.4 Å². The van der Waals surface area contributed by atoms with E-state index >= 15 is 0 Å². The average Bonchev–Trinajstić information content (AvgIpc) is 3.27. The van der Waals surface area contributed by atoms with Gasteiger partial charge >= 0.3 is 11.9 Å². The van der Waals surface area contributed by atoms with E-state index in [4.69, 9.17) is 13.9 Å². The van der Waals surface area contributed by atoms with Crippen LogP contribution in [0.1, 0.15) is 51.6 Å². The van der Waals surface area contributed by atoms with Crippen molar-refractivity contribution >= 4 is 34.2 Å². The molecule has 1 aliphatic rings. The molecule has 8 heteroatoms. The fraction of sp³-hybridized carbons (Fsp3) is 0.421. The van der Waals surface area contributed by atoms with E-state index in [1.807, 2.05) is 0 Å². The molecule has 0 aromatic carbocycles. The Balaban J connectivity index is 1.72. The van der Waals surface area contributed by atoms with Gasteiger partial charge in [0.15, 0.2) is 6.61 Å². The molecule has 0 saturated carbocycles. The van der Waals surface area contributed by atoms with Gasteiger partial charge in [-0.15, -0.1) is 11.3 Å². The van der Waals surface area contributed by atoms with Gasteiger partial charge in [0.25, 0.3) is 5.91 Å². The first-order chi connectivity index (χ1) is 13.0. The Bertz CT molecular complexity index is 839. The van der Waals surface area contributed by atoms with Gasteiger partial charge in [-0.2, -0.15) is 0 Å². The number of anilines is 1. The minimum absolute atomic E-state index is 0.0237. The minimum Gasteiger partial charge on any atom is -0.462 e. The Morgan fingerprint density at radius 2 is 2.11 bits per heavy atom. The molecule has 0 bridgehead atoms. The predicted molar refractivity (Wildman–Crippen MR) is 99.1 cm³/mol. The van der Waals surface area contributed by atoms with Crippen molar-refractivity contribution in [2.45, 2.75) is 33.1 Å². The smallest absolute Gasteiger partial charge is 0.374 e. The zero-order valence-electron chi connectivity index (χ0n) is 15.2. The topological polar surface area (TPSA) is 94.8 Å². The Kier molecular flexibility index (Phi) is 5.95. The van der Waals surface area contributed by atoms with Crippen molar-refractivity contribution in [3.05, 3.63) is 40.2 Å². The minimum atomic E-state index is -0.722. The lowest BCUT2D eigenvalue weighted by molar-refractivity contribution is -0.119. The molecular weight excluding hydrogens is 370 g/mol.